The first-order valence-corrected chi connectivity index (χ1v) is 7.95. The summed E-state index contributed by atoms with van der Waals surface area (Å²) in [5.41, 5.74) is 7.06. The number of amides is 3. The summed E-state index contributed by atoms with van der Waals surface area (Å²) in [6.45, 7) is -0.199. The number of nitrogens with one attached hydrogen (secondary N) is 3. The molecule has 3 rings (SSSR count). The van der Waals surface area contributed by atoms with Crippen molar-refractivity contribution in [1.29, 1.82) is 0 Å². The lowest BCUT2D eigenvalue weighted by Crippen LogP contribution is -2.32. The molecule has 9 nitrogen and oxygen atoms in total. The molecule has 10 heteroatoms. The molecule has 0 spiro atoms. The number of carbonyl (C=O) groups is 3. The fourth-order valence-electron chi connectivity index (χ4n) is 1.97. The van der Waals surface area contributed by atoms with E-state index in [9.17, 15) is 14.4 Å². The third-order valence-corrected chi connectivity index (χ3v) is 3.95. The van der Waals surface area contributed by atoms with Crippen LogP contribution in [0.3, 0.4) is 0 Å². The highest BCUT2D eigenvalue weighted by Crippen LogP contribution is 2.25. The van der Waals surface area contributed by atoms with Gasteiger partial charge in [-0.05, 0) is 12.1 Å². The van der Waals surface area contributed by atoms with Gasteiger partial charge in [0, 0.05) is 17.1 Å². The van der Waals surface area contributed by atoms with Gasteiger partial charge in [-0.15, -0.1) is 11.3 Å². The zero-order chi connectivity index (χ0) is 17.8. The number of thiazole rings is 1. The van der Waals surface area contributed by atoms with Gasteiger partial charge in [-0.1, -0.05) is 0 Å². The number of furan rings is 1. The van der Waals surface area contributed by atoms with Crippen LogP contribution in [0.4, 0.5) is 5.13 Å². The number of rotatable bonds is 6. The lowest BCUT2D eigenvalue weighted by Gasteiger charge is -2.03. The number of H-pyrrole nitrogens is 1. The molecule has 3 heterocycles. The molecule has 0 aliphatic heterocycles. The Morgan fingerprint density at radius 1 is 1.36 bits per heavy atom. The van der Waals surface area contributed by atoms with E-state index in [0.29, 0.717) is 22.0 Å². The molecule has 0 fully saturated rings. The van der Waals surface area contributed by atoms with Gasteiger partial charge in [0.05, 0.1) is 24.1 Å². The molecule has 0 aromatic carbocycles. The number of primary amides is 1. The first kappa shape index (κ1) is 16.5. The van der Waals surface area contributed by atoms with E-state index in [1.54, 1.807) is 17.6 Å². The van der Waals surface area contributed by atoms with Gasteiger partial charge in [0.1, 0.15) is 12.0 Å². The molecule has 0 aliphatic rings. The van der Waals surface area contributed by atoms with Crippen LogP contribution in [-0.4, -0.2) is 34.2 Å². The normalized spacial score (nSPS) is 10.4. The molecule has 3 amide bonds. The van der Waals surface area contributed by atoms with E-state index in [2.05, 4.69) is 20.6 Å². The molecule has 0 unspecified atom stereocenters. The van der Waals surface area contributed by atoms with Gasteiger partial charge < -0.3 is 25.8 Å². The molecule has 3 aromatic heterocycles. The number of aromatic nitrogens is 2. The predicted molar refractivity (Wildman–Crippen MR) is 90.1 cm³/mol. The average Bonchev–Trinajstić information content (AvgIpc) is 3.31. The van der Waals surface area contributed by atoms with Crippen molar-refractivity contribution in [2.45, 2.75) is 0 Å². The third kappa shape index (κ3) is 3.93. The van der Waals surface area contributed by atoms with Gasteiger partial charge in [-0.3, -0.25) is 14.4 Å². The summed E-state index contributed by atoms with van der Waals surface area (Å²) in [5, 5.41) is 7.16. The molecule has 128 valence electrons. The Morgan fingerprint density at radius 3 is 2.88 bits per heavy atom. The summed E-state index contributed by atoms with van der Waals surface area (Å²) >= 11 is 1.22. The van der Waals surface area contributed by atoms with E-state index in [1.807, 2.05) is 0 Å². The van der Waals surface area contributed by atoms with Gasteiger partial charge in [0.15, 0.2) is 5.13 Å². The first-order valence-electron chi connectivity index (χ1n) is 7.07. The van der Waals surface area contributed by atoms with E-state index < -0.39 is 17.7 Å². The van der Waals surface area contributed by atoms with Gasteiger partial charge >= 0.3 is 0 Å². The fourth-order valence-corrected chi connectivity index (χ4v) is 2.70. The van der Waals surface area contributed by atoms with E-state index >= 15 is 0 Å². The van der Waals surface area contributed by atoms with Crippen molar-refractivity contribution >= 4 is 34.2 Å². The lowest BCUT2D eigenvalue weighted by molar-refractivity contribution is -0.115. The maximum absolute atomic E-state index is 11.9. The highest BCUT2D eigenvalue weighted by molar-refractivity contribution is 7.14. The Balaban J connectivity index is 1.56. The topological polar surface area (TPSA) is 143 Å². The van der Waals surface area contributed by atoms with Crippen LogP contribution in [0.5, 0.6) is 0 Å². The average molecular weight is 359 g/mol. The molecule has 0 saturated carbocycles. The maximum atomic E-state index is 11.9. The molecule has 0 radical (unpaired) electrons. The standard InChI is InChI=1S/C15H13N5O4S/c16-13(22)10-3-9(4-17-10)11-7-25-15(19-11)20-12(21)5-18-14(23)8-1-2-24-6-8/h1-4,6-7,17H,5H2,(H2,16,22)(H,18,23)(H,19,20,21). The van der Waals surface area contributed by atoms with Crippen molar-refractivity contribution in [3.05, 3.63) is 47.5 Å². The van der Waals surface area contributed by atoms with Crippen LogP contribution in [-0.2, 0) is 4.79 Å². The molecular weight excluding hydrogens is 346 g/mol. The Kier molecular flexibility index (Phi) is 4.61. The Hall–Kier alpha value is -3.40. The summed E-state index contributed by atoms with van der Waals surface area (Å²) in [5.74, 6) is -1.39. The summed E-state index contributed by atoms with van der Waals surface area (Å²) in [6, 6.07) is 3.08. The molecule has 25 heavy (non-hydrogen) atoms. The molecule has 0 aliphatic carbocycles. The van der Waals surface area contributed by atoms with E-state index in [1.165, 1.54) is 29.9 Å². The largest absolute Gasteiger partial charge is 0.472 e. The van der Waals surface area contributed by atoms with Crippen molar-refractivity contribution in [3.8, 4) is 11.3 Å². The van der Waals surface area contributed by atoms with Crippen molar-refractivity contribution in [1.82, 2.24) is 15.3 Å². The molecule has 5 N–H and O–H groups in total. The van der Waals surface area contributed by atoms with Crippen LogP contribution < -0.4 is 16.4 Å². The smallest absolute Gasteiger partial charge is 0.265 e. The first-order chi connectivity index (χ1) is 12.0. The third-order valence-electron chi connectivity index (χ3n) is 3.19. The minimum atomic E-state index is -0.566. The predicted octanol–water partition coefficient (Wildman–Crippen LogP) is 1.20. The Bertz CT molecular complexity index is 912. The number of anilines is 1. The fraction of sp³-hybridized carbons (Fsp3) is 0.0667. The number of hydrogen-bond acceptors (Lipinski definition) is 6. The molecule has 3 aromatic rings. The molecule has 0 bridgehead atoms. The van der Waals surface area contributed by atoms with Gasteiger partial charge in [-0.2, -0.15) is 0 Å². The highest BCUT2D eigenvalue weighted by atomic mass is 32.1. The zero-order valence-electron chi connectivity index (χ0n) is 12.7. The number of nitrogens with zero attached hydrogens (tertiary/aromatic N) is 1. The van der Waals surface area contributed by atoms with Crippen molar-refractivity contribution in [2.24, 2.45) is 5.73 Å². The van der Waals surface area contributed by atoms with Gasteiger partial charge in [0.2, 0.25) is 5.91 Å². The number of aromatic amines is 1. The van der Waals surface area contributed by atoms with Gasteiger partial charge in [0.25, 0.3) is 11.8 Å². The van der Waals surface area contributed by atoms with Crippen LogP contribution in [0.2, 0.25) is 0 Å². The Morgan fingerprint density at radius 2 is 2.20 bits per heavy atom. The van der Waals surface area contributed by atoms with Crippen molar-refractivity contribution in [3.63, 3.8) is 0 Å². The number of nitrogens with two attached hydrogens (primary N) is 1. The maximum Gasteiger partial charge on any atom is 0.265 e. The molecule has 0 saturated heterocycles. The molecular formula is C15H13N5O4S. The number of carbonyl (C=O) groups excluding carboxylic acids is 3. The summed E-state index contributed by atoms with van der Waals surface area (Å²) in [6.07, 6.45) is 4.26. The van der Waals surface area contributed by atoms with Crippen molar-refractivity contribution < 1.29 is 18.8 Å². The van der Waals surface area contributed by atoms with Crippen LogP contribution in [0.25, 0.3) is 11.3 Å². The molecule has 0 atom stereocenters. The van der Waals surface area contributed by atoms with Gasteiger partial charge in [-0.25, -0.2) is 4.98 Å². The Labute approximate surface area is 145 Å². The zero-order valence-corrected chi connectivity index (χ0v) is 13.6. The minimum Gasteiger partial charge on any atom is -0.472 e. The van der Waals surface area contributed by atoms with Crippen LogP contribution in [0.1, 0.15) is 20.8 Å². The van der Waals surface area contributed by atoms with Crippen molar-refractivity contribution in [2.75, 3.05) is 11.9 Å². The summed E-state index contributed by atoms with van der Waals surface area (Å²) < 4.78 is 4.80. The lowest BCUT2D eigenvalue weighted by atomic mass is 10.2. The second-order valence-corrected chi connectivity index (χ2v) is 5.81. The minimum absolute atomic E-state index is 0.199. The SMILES string of the molecule is NC(=O)c1cc(-c2csc(NC(=O)CNC(=O)c3ccoc3)n2)c[nH]1. The van der Waals surface area contributed by atoms with E-state index in [-0.39, 0.29) is 12.2 Å². The second kappa shape index (κ2) is 7.01. The number of hydrogen-bond donors (Lipinski definition) is 4. The van der Waals surface area contributed by atoms with E-state index in [0.717, 1.165) is 0 Å². The van der Waals surface area contributed by atoms with Crippen LogP contribution >= 0.6 is 11.3 Å². The summed E-state index contributed by atoms with van der Waals surface area (Å²) in [7, 11) is 0. The van der Waals surface area contributed by atoms with E-state index in [4.69, 9.17) is 10.2 Å². The van der Waals surface area contributed by atoms with Crippen LogP contribution in [0.15, 0.2) is 40.7 Å². The highest BCUT2D eigenvalue weighted by Gasteiger charge is 2.12. The summed E-state index contributed by atoms with van der Waals surface area (Å²) in [4.78, 5) is 41.7. The second-order valence-electron chi connectivity index (χ2n) is 4.95. The monoisotopic (exact) mass is 359 g/mol. The van der Waals surface area contributed by atoms with Crippen LogP contribution in [0, 0.1) is 0 Å². The quantitative estimate of drug-likeness (QED) is 0.523.